The zero-order chi connectivity index (χ0) is 20.5. The largest absolute Gasteiger partial charge is 0.465 e. The van der Waals surface area contributed by atoms with Crippen molar-refractivity contribution in [3.8, 4) is 11.4 Å². The molecule has 0 saturated carbocycles. The van der Waals surface area contributed by atoms with Gasteiger partial charge in [0, 0.05) is 32.8 Å². The predicted octanol–water partition coefficient (Wildman–Crippen LogP) is 2.12. The van der Waals surface area contributed by atoms with E-state index in [1.165, 1.54) is 4.90 Å². The van der Waals surface area contributed by atoms with Crippen molar-refractivity contribution in [3.05, 3.63) is 17.8 Å². The van der Waals surface area contributed by atoms with Crippen molar-refractivity contribution in [2.45, 2.75) is 44.9 Å². The number of nitrogens with zero attached hydrogens (tertiary/aromatic N) is 6. The third-order valence-electron chi connectivity index (χ3n) is 5.62. The lowest BCUT2D eigenvalue weighted by atomic mass is 10.2. The molecule has 2 aromatic heterocycles. The molecule has 10 nitrogen and oxygen atoms in total. The van der Waals surface area contributed by atoms with Crippen LogP contribution in [0.25, 0.3) is 11.4 Å². The normalized spacial score (nSPS) is 22.1. The molecule has 1 amide bonds. The van der Waals surface area contributed by atoms with Crippen molar-refractivity contribution in [1.29, 1.82) is 0 Å². The molecule has 2 aliphatic rings. The van der Waals surface area contributed by atoms with Crippen molar-refractivity contribution in [1.82, 2.24) is 24.6 Å². The van der Waals surface area contributed by atoms with Crippen LogP contribution in [0.4, 0.5) is 16.6 Å². The number of aryl methyl sites for hydroxylation is 1. The number of ether oxygens (including phenoxy) is 1. The minimum Gasteiger partial charge on any atom is -0.465 e. The first kappa shape index (κ1) is 19.4. The second-order valence-corrected chi connectivity index (χ2v) is 7.69. The Balaban J connectivity index is 1.62. The lowest BCUT2D eigenvalue weighted by molar-refractivity contribution is -0.0385. The molecule has 2 saturated heterocycles. The van der Waals surface area contributed by atoms with E-state index in [1.54, 1.807) is 7.05 Å². The zero-order valence-corrected chi connectivity index (χ0v) is 16.8. The molecule has 4 rings (SSSR count). The Kier molecular flexibility index (Phi) is 5.27. The third-order valence-corrected chi connectivity index (χ3v) is 5.62. The highest BCUT2D eigenvalue weighted by molar-refractivity contribution is 5.66. The number of carbonyl (C=O) groups is 1. The Morgan fingerprint density at radius 1 is 1.31 bits per heavy atom. The van der Waals surface area contributed by atoms with Gasteiger partial charge in [-0.3, -0.25) is 0 Å². The van der Waals surface area contributed by atoms with Gasteiger partial charge >= 0.3 is 6.09 Å². The van der Waals surface area contributed by atoms with Gasteiger partial charge in [-0.05, 0) is 38.7 Å². The van der Waals surface area contributed by atoms with E-state index in [2.05, 4.69) is 20.0 Å². The quantitative estimate of drug-likeness (QED) is 0.799. The molecule has 2 aromatic rings. The lowest BCUT2D eigenvalue weighted by Crippen LogP contribution is -2.38. The fourth-order valence-corrected chi connectivity index (χ4v) is 4.01. The van der Waals surface area contributed by atoms with Crippen LogP contribution in [0, 0.1) is 6.92 Å². The lowest BCUT2D eigenvalue weighted by Gasteiger charge is -2.25. The van der Waals surface area contributed by atoms with Gasteiger partial charge in [-0.25, -0.2) is 14.5 Å². The first-order valence-electron chi connectivity index (χ1n) is 9.96. The highest BCUT2D eigenvalue weighted by Crippen LogP contribution is 2.31. The molecule has 3 N–H and O–H groups in total. The molecule has 29 heavy (non-hydrogen) atoms. The van der Waals surface area contributed by atoms with Gasteiger partial charge in [0.05, 0.1) is 23.1 Å². The summed E-state index contributed by atoms with van der Waals surface area (Å²) in [6.45, 7) is 3.96. The Hall–Kier alpha value is -2.88. The van der Waals surface area contributed by atoms with E-state index in [0.717, 1.165) is 43.7 Å². The van der Waals surface area contributed by atoms with Crippen LogP contribution in [0.2, 0.25) is 0 Å². The van der Waals surface area contributed by atoms with Crippen molar-refractivity contribution < 1.29 is 14.6 Å². The smallest absolute Gasteiger partial charge is 0.407 e. The molecule has 0 radical (unpaired) electrons. The van der Waals surface area contributed by atoms with Crippen LogP contribution >= 0.6 is 0 Å². The number of likely N-dealkylation sites (N-methyl/N-ethyl adjacent to an activating group) is 1. The number of hydrogen-bond acceptors (Lipinski definition) is 7. The average molecular weight is 401 g/mol. The number of hydrogen-bond donors (Lipinski definition) is 2. The van der Waals surface area contributed by atoms with Crippen LogP contribution < -0.4 is 10.6 Å². The first-order chi connectivity index (χ1) is 13.9. The Morgan fingerprint density at radius 2 is 2.14 bits per heavy atom. The minimum atomic E-state index is -0.924. The molecule has 0 spiro atoms. The second kappa shape index (κ2) is 7.86. The molecule has 0 aromatic carbocycles. The minimum absolute atomic E-state index is 0.0736. The maximum atomic E-state index is 11.3. The maximum absolute atomic E-state index is 11.3. The fraction of sp³-hybridized carbons (Fsp3) is 0.579. The SMILES string of the molecule is Cc1cc(-c2cc(N3CC[C@@H](N(C)C(=O)O)C3)nc(N)n2)n(C2CCCCO2)n1. The van der Waals surface area contributed by atoms with E-state index in [0.29, 0.717) is 24.6 Å². The number of carboxylic acid groups (broad SMARTS) is 1. The highest BCUT2D eigenvalue weighted by atomic mass is 16.5. The summed E-state index contributed by atoms with van der Waals surface area (Å²) in [7, 11) is 1.60. The molecule has 2 fully saturated rings. The number of amides is 1. The van der Waals surface area contributed by atoms with Crippen LogP contribution in [-0.4, -0.2) is 68.6 Å². The summed E-state index contributed by atoms with van der Waals surface area (Å²) in [5.41, 5.74) is 8.46. The van der Waals surface area contributed by atoms with Gasteiger partial charge < -0.3 is 25.4 Å². The number of nitrogens with two attached hydrogens (primary N) is 1. The standard InChI is InChI=1S/C19H27N7O3/c1-12-9-15(26(23-12)17-5-3-4-8-29-17)14-10-16(22-18(20)21-14)25-7-6-13(11-25)24(2)19(27)28/h9-10,13,17H,3-8,11H2,1-2H3,(H,27,28)(H2,20,21,22)/t13-,17?/m1/s1. The van der Waals surface area contributed by atoms with Crippen molar-refractivity contribution in [2.75, 3.05) is 37.4 Å². The third kappa shape index (κ3) is 3.98. The Labute approximate surface area is 169 Å². The van der Waals surface area contributed by atoms with Crippen LogP contribution in [0.3, 0.4) is 0 Å². The second-order valence-electron chi connectivity index (χ2n) is 7.69. The summed E-state index contributed by atoms with van der Waals surface area (Å²) in [6.07, 6.45) is 2.80. The molecule has 2 aliphatic heterocycles. The Bertz CT molecular complexity index is 894. The fourth-order valence-electron chi connectivity index (χ4n) is 4.01. The van der Waals surface area contributed by atoms with Crippen LogP contribution in [0.15, 0.2) is 12.1 Å². The van der Waals surface area contributed by atoms with Crippen LogP contribution in [0.1, 0.15) is 37.6 Å². The summed E-state index contributed by atoms with van der Waals surface area (Å²) in [5.74, 6) is 0.881. The zero-order valence-electron chi connectivity index (χ0n) is 16.8. The molecule has 0 aliphatic carbocycles. The number of nitrogen functional groups attached to an aromatic ring is 1. The molecule has 2 atom stereocenters. The Morgan fingerprint density at radius 3 is 2.86 bits per heavy atom. The topological polar surface area (TPSA) is 123 Å². The van der Waals surface area contributed by atoms with Gasteiger partial charge in [0.15, 0.2) is 6.23 Å². The average Bonchev–Trinajstić information content (AvgIpc) is 3.34. The highest BCUT2D eigenvalue weighted by Gasteiger charge is 2.30. The monoisotopic (exact) mass is 401 g/mol. The van der Waals surface area contributed by atoms with Crippen molar-refractivity contribution >= 4 is 17.9 Å². The summed E-state index contributed by atoms with van der Waals surface area (Å²) in [6, 6.07) is 3.81. The molecule has 0 bridgehead atoms. The summed E-state index contributed by atoms with van der Waals surface area (Å²) < 4.78 is 7.81. The molecular formula is C19H27N7O3. The van der Waals surface area contributed by atoms with E-state index in [-0.39, 0.29) is 18.2 Å². The van der Waals surface area contributed by atoms with E-state index in [9.17, 15) is 9.90 Å². The maximum Gasteiger partial charge on any atom is 0.407 e. The van der Waals surface area contributed by atoms with E-state index in [4.69, 9.17) is 10.5 Å². The van der Waals surface area contributed by atoms with Crippen molar-refractivity contribution in [2.24, 2.45) is 0 Å². The predicted molar refractivity (Wildman–Crippen MR) is 108 cm³/mol. The molecule has 10 heteroatoms. The van der Waals surface area contributed by atoms with Gasteiger partial charge in [-0.15, -0.1) is 0 Å². The number of anilines is 2. The van der Waals surface area contributed by atoms with Gasteiger partial charge in [0.1, 0.15) is 5.82 Å². The van der Waals surface area contributed by atoms with E-state index in [1.807, 2.05) is 23.7 Å². The molecule has 1 unspecified atom stereocenters. The summed E-state index contributed by atoms with van der Waals surface area (Å²) >= 11 is 0. The van der Waals surface area contributed by atoms with Crippen LogP contribution in [0.5, 0.6) is 0 Å². The number of aromatic nitrogens is 4. The molecular weight excluding hydrogens is 374 g/mol. The first-order valence-corrected chi connectivity index (χ1v) is 9.96. The van der Waals surface area contributed by atoms with E-state index < -0.39 is 6.09 Å². The van der Waals surface area contributed by atoms with Crippen LogP contribution in [-0.2, 0) is 4.74 Å². The van der Waals surface area contributed by atoms with Gasteiger partial charge in [-0.1, -0.05) is 0 Å². The molecule has 4 heterocycles. The molecule has 156 valence electrons. The summed E-state index contributed by atoms with van der Waals surface area (Å²) in [5, 5.41) is 13.9. The van der Waals surface area contributed by atoms with Gasteiger partial charge in [0.25, 0.3) is 0 Å². The van der Waals surface area contributed by atoms with E-state index >= 15 is 0 Å². The van der Waals surface area contributed by atoms with Crippen molar-refractivity contribution in [3.63, 3.8) is 0 Å². The summed E-state index contributed by atoms with van der Waals surface area (Å²) in [4.78, 5) is 23.5. The van der Waals surface area contributed by atoms with Gasteiger partial charge in [0.2, 0.25) is 5.95 Å². The van der Waals surface area contributed by atoms with Gasteiger partial charge in [-0.2, -0.15) is 10.1 Å². The number of rotatable bonds is 4.